The normalized spacial score (nSPS) is 15.4. The number of aliphatic hydroxyl groups is 1. The summed E-state index contributed by atoms with van der Waals surface area (Å²) >= 11 is 1.63. The number of fused-ring (bicyclic) bond motifs is 1. The average molecular weight is 297 g/mol. The molecule has 0 amide bonds. The van der Waals surface area contributed by atoms with Crippen LogP contribution in [0.1, 0.15) is 13.8 Å². The van der Waals surface area contributed by atoms with Gasteiger partial charge in [0.05, 0.1) is 6.10 Å². The van der Waals surface area contributed by atoms with Crippen molar-refractivity contribution in [2.45, 2.75) is 24.8 Å². The van der Waals surface area contributed by atoms with Gasteiger partial charge in [0, 0.05) is 17.2 Å². The maximum atomic E-state index is 9.92. The number of thioether (sulfide) groups is 1. The van der Waals surface area contributed by atoms with Gasteiger partial charge in [-0.1, -0.05) is 13.8 Å². The number of hydrogen-bond acceptors (Lipinski definition) is 5. The number of benzene rings is 1. The van der Waals surface area contributed by atoms with E-state index in [4.69, 9.17) is 9.47 Å². The van der Waals surface area contributed by atoms with Gasteiger partial charge in [-0.05, 0) is 30.7 Å². The van der Waals surface area contributed by atoms with Crippen LogP contribution in [0.4, 0.5) is 0 Å². The third kappa shape index (κ3) is 4.89. The lowest BCUT2D eigenvalue weighted by Gasteiger charge is -2.19. The van der Waals surface area contributed by atoms with E-state index in [9.17, 15) is 5.11 Å². The summed E-state index contributed by atoms with van der Waals surface area (Å²) in [7, 11) is 0. The number of aliphatic hydroxyl groups excluding tert-OH is 1. The van der Waals surface area contributed by atoms with Crippen molar-refractivity contribution in [2.75, 3.05) is 32.1 Å². The number of nitrogens with one attached hydrogen (secondary N) is 1. The second-order valence-electron chi connectivity index (χ2n) is 5.32. The van der Waals surface area contributed by atoms with Gasteiger partial charge in [-0.15, -0.1) is 11.8 Å². The zero-order chi connectivity index (χ0) is 14.4. The molecule has 0 saturated carbocycles. The molecule has 0 aromatic heterocycles. The Bertz CT molecular complexity index is 426. The van der Waals surface area contributed by atoms with E-state index in [1.54, 1.807) is 11.8 Å². The molecule has 0 radical (unpaired) electrons. The van der Waals surface area contributed by atoms with Gasteiger partial charge >= 0.3 is 0 Å². The quantitative estimate of drug-likeness (QED) is 0.755. The van der Waals surface area contributed by atoms with Crippen molar-refractivity contribution in [1.82, 2.24) is 5.32 Å². The van der Waals surface area contributed by atoms with Crippen molar-refractivity contribution in [1.29, 1.82) is 0 Å². The van der Waals surface area contributed by atoms with Gasteiger partial charge in [-0.3, -0.25) is 0 Å². The number of ether oxygens (including phenoxy) is 2. The molecule has 1 aliphatic heterocycles. The van der Waals surface area contributed by atoms with Gasteiger partial charge in [-0.25, -0.2) is 0 Å². The number of rotatable bonds is 7. The molecule has 1 atom stereocenters. The molecular weight excluding hydrogens is 274 g/mol. The Morgan fingerprint density at radius 1 is 1.20 bits per heavy atom. The van der Waals surface area contributed by atoms with E-state index in [1.165, 1.54) is 0 Å². The minimum atomic E-state index is -0.341. The van der Waals surface area contributed by atoms with Crippen molar-refractivity contribution < 1.29 is 14.6 Å². The molecule has 1 aromatic rings. The second-order valence-corrected chi connectivity index (χ2v) is 6.42. The Morgan fingerprint density at radius 3 is 2.70 bits per heavy atom. The van der Waals surface area contributed by atoms with Crippen molar-refractivity contribution in [2.24, 2.45) is 5.92 Å². The number of hydrogen-bond donors (Lipinski definition) is 2. The van der Waals surface area contributed by atoms with Gasteiger partial charge in [0.2, 0.25) is 0 Å². The molecule has 0 saturated heterocycles. The third-order valence-electron chi connectivity index (χ3n) is 2.89. The van der Waals surface area contributed by atoms with Crippen LogP contribution in [0.25, 0.3) is 0 Å². The lowest BCUT2D eigenvalue weighted by Crippen LogP contribution is -2.30. The van der Waals surface area contributed by atoms with Gasteiger partial charge < -0.3 is 19.9 Å². The molecule has 1 aromatic carbocycles. The Morgan fingerprint density at radius 2 is 1.95 bits per heavy atom. The summed E-state index contributed by atoms with van der Waals surface area (Å²) in [5.41, 5.74) is 0. The third-order valence-corrected chi connectivity index (χ3v) is 4.03. The fraction of sp³-hybridized carbons (Fsp3) is 0.600. The zero-order valence-electron chi connectivity index (χ0n) is 12.1. The van der Waals surface area contributed by atoms with Gasteiger partial charge in [-0.2, -0.15) is 0 Å². The molecule has 0 spiro atoms. The van der Waals surface area contributed by atoms with Crippen LogP contribution in [-0.4, -0.2) is 43.3 Å². The first kappa shape index (κ1) is 15.5. The Balaban J connectivity index is 1.76. The molecule has 1 aliphatic rings. The minimum Gasteiger partial charge on any atom is -0.486 e. The standard InChI is InChI=1S/C15H23NO3S/c1-11(2)8-16-9-12(17)10-20-13-3-4-14-15(7-13)19-6-5-18-14/h3-4,7,11-12,16-17H,5-6,8-10H2,1-2H3. The van der Waals surface area contributed by atoms with Crippen LogP contribution in [0.15, 0.2) is 23.1 Å². The first-order valence-corrected chi connectivity index (χ1v) is 8.05. The smallest absolute Gasteiger partial charge is 0.162 e. The molecule has 112 valence electrons. The van der Waals surface area contributed by atoms with Crippen LogP contribution >= 0.6 is 11.8 Å². The van der Waals surface area contributed by atoms with Crippen LogP contribution in [0.3, 0.4) is 0 Å². The lowest BCUT2D eigenvalue weighted by molar-refractivity contribution is 0.171. The van der Waals surface area contributed by atoms with Crippen molar-refractivity contribution in [3.8, 4) is 11.5 Å². The summed E-state index contributed by atoms with van der Waals surface area (Å²) in [6, 6.07) is 5.92. The van der Waals surface area contributed by atoms with Crippen molar-refractivity contribution in [3.63, 3.8) is 0 Å². The average Bonchev–Trinajstić information content (AvgIpc) is 2.44. The van der Waals surface area contributed by atoms with E-state index in [2.05, 4.69) is 19.2 Å². The fourth-order valence-electron chi connectivity index (χ4n) is 1.90. The van der Waals surface area contributed by atoms with Gasteiger partial charge in [0.25, 0.3) is 0 Å². The molecule has 20 heavy (non-hydrogen) atoms. The predicted molar refractivity (Wildman–Crippen MR) is 81.9 cm³/mol. The molecule has 0 aliphatic carbocycles. The summed E-state index contributed by atoms with van der Waals surface area (Å²) in [6.45, 7) is 7.09. The van der Waals surface area contributed by atoms with Gasteiger partial charge in [0.15, 0.2) is 11.5 Å². The minimum absolute atomic E-state index is 0.341. The van der Waals surface area contributed by atoms with Crippen LogP contribution in [0, 0.1) is 5.92 Å². The molecule has 4 nitrogen and oxygen atoms in total. The molecule has 2 rings (SSSR count). The highest BCUT2D eigenvalue weighted by molar-refractivity contribution is 7.99. The maximum absolute atomic E-state index is 9.92. The topological polar surface area (TPSA) is 50.7 Å². The highest BCUT2D eigenvalue weighted by atomic mass is 32.2. The van der Waals surface area contributed by atoms with Crippen LogP contribution in [-0.2, 0) is 0 Å². The largest absolute Gasteiger partial charge is 0.486 e. The van der Waals surface area contributed by atoms with E-state index in [0.29, 0.717) is 31.4 Å². The highest BCUT2D eigenvalue weighted by Crippen LogP contribution is 2.34. The Hall–Kier alpha value is -0.910. The Labute approximate surface area is 124 Å². The lowest BCUT2D eigenvalue weighted by atomic mass is 10.2. The molecule has 5 heteroatoms. The van der Waals surface area contributed by atoms with Crippen molar-refractivity contribution in [3.05, 3.63) is 18.2 Å². The summed E-state index contributed by atoms with van der Waals surface area (Å²) in [4.78, 5) is 1.09. The summed E-state index contributed by atoms with van der Waals surface area (Å²) in [5, 5.41) is 13.2. The van der Waals surface area contributed by atoms with E-state index in [1.807, 2.05) is 18.2 Å². The van der Waals surface area contributed by atoms with E-state index in [0.717, 1.165) is 22.9 Å². The molecular formula is C15H23NO3S. The molecule has 2 N–H and O–H groups in total. The first-order valence-electron chi connectivity index (χ1n) is 7.06. The second kappa shape index (κ2) is 7.76. The van der Waals surface area contributed by atoms with Crippen LogP contribution in [0.2, 0.25) is 0 Å². The molecule has 1 unspecified atom stereocenters. The van der Waals surface area contributed by atoms with Gasteiger partial charge in [0.1, 0.15) is 13.2 Å². The molecule has 0 bridgehead atoms. The summed E-state index contributed by atoms with van der Waals surface area (Å²) in [5.74, 6) is 2.88. The SMILES string of the molecule is CC(C)CNCC(O)CSc1ccc2c(c1)OCCO2. The van der Waals surface area contributed by atoms with Crippen molar-refractivity contribution >= 4 is 11.8 Å². The van der Waals surface area contributed by atoms with E-state index < -0.39 is 0 Å². The summed E-state index contributed by atoms with van der Waals surface area (Å²) < 4.78 is 11.0. The highest BCUT2D eigenvalue weighted by Gasteiger charge is 2.12. The summed E-state index contributed by atoms with van der Waals surface area (Å²) in [6.07, 6.45) is -0.341. The fourth-order valence-corrected chi connectivity index (χ4v) is 2.76. The molecule has 0 fully saturated rings. The Kier molecular flexibility index (Phi) is 6.01. The molecule has 1 heterocycles. The monoisotopic (exact) mass is 297 g/mol. The van der Waals surface area contributed by atoms with Crippen LogP contribution in [0.5, 0.6) is 11.5 Å². The first-order chi connectivity index (χ1) is 9.65. The van der Waals surface area contributed by atoms with E-state index >= 15 is 0 Å². The van der Waals surface area contributed by atoms with E-state index in [-0.39, 0.29) is 6.10 Å². The predicted octanol–water partition coefficient (Wildman–Crippen LogP) is 2.16. The maximum Gasteiger partial charge on any atom is 0.162 e. The van der Waals surface area contributed by atoms with Crippen LogP contribution < -0.4 is 14.8 Å². The zero-order valence-corrected chi connectivity index (χ0v) is 12.9.